The maximum absolute atomic E-state index is 12.3. The molecule has 1 aliphatic rings. The van der Waals surface area contributed by atoms with Crippen LogP contribution in [0, 0.1) is 6.92 Å². The van der Waals surface area contributed by atoms with Crippen molar-refractivity contribution < 1.29 is 14.4 Å². The van der Waals surface area contributed by atoms with Crippen LogP contribution in [0.1, 0.15) is 26.3 Å². The number of rotatable bonds is 3. The summed E-state index contributed by atoms with van der Waals surface area (Å²) in [5.41, 5.74) is 2.18. The lowest BCUT2D eigenvalue weighted by atomic mass is 10.1. The van der Waals surface area contributed by atoms with Gasteiger partial charge in [-0.05, 0) is 37.3 Å². The number of carbonyl (C=O) groups is 3. The molecule has 0 unspecified atom stereocenters. The fourth-order valence-corrected chi connectivity index (χ4v) is 2.86. The fraction of sp³-hybridized carbons (Fsp3) is 0.118. The summed E-state index contributed by atoms with van der Waals surface area (Å²) in [6, 6.07) is 12.2. The first-order valence-corrected chi connectivity index (χ1v) is 7.77. The van der Waals surface area contributed by atoms with Gasteiger partial charge in [0.2, 0.25) is 5.91 Å². The van der Waals surface area contributed by atoms with Gasteiger partial charge < -0.3 is 5.32 Å². The lowest BCUT2D eigenvalue weighted by molar-refractivity contribution is -0.116. The highest BCUT2D eigenvalue weighted by molar-refractivity contribution is 9.10. The summed E-state index contributed by atoms with van der Waals surface area (Å²) in [7, 11) is 0. The van der Waals surface area contributed by atoms with Crippen molar-refractivity contribution >= 4 is 39.3 Å². The molecular weight excluding hydrogens is 360 g/mol. The third-order valence-corrected chi connectivity index (χ3v) is 4.03. The van der Waals surface area contributed by atoms with E-state index in [1.54, 1.807) is 36.4 Å². The van der Waals surface area contributed by atoms with Crippen LogP contribution >= 0.6 is 15.9 Å². The molecule has 1 N–H and O–H groups in total. The number of nitrogens with zero attached hydrogens (tertiary/aromatic N) is 1. The minimum atomic E-state index is -0.436. The van der Waals surface area contributed by atoms with Crippen LogP contribution in [0.5, 0.6) is 0 Å². The van der Waals surface area contributed by atoms with Gasteiger partial charge >= 0.3 is 0 Å². The van der Waals surface area contributed by atoms with Crippen molar-refractivity contribution in [1.29, 1.82) is 0 Å². The smallest absolute Gasteiger partial charge is 0.262 e. The molecule has 3 rings (SSSR count). The van der Waals surface area contributed by atoms with E-state index in [1.165, 1.54) is 0 Å². The van der Waals surface area contributed by atoms with E-state index in [0.29, 0.717) is 16.8 Å². The molecule has 2 aromatic rings. The maximum Gasteiger partial charge on any atom is 0.262 e. The van der Waals surface area contributed by atoms with Crippen molar-refractivity contribution in [3.8, 4) is 0 Å². The molecule has 1 heterocycles. The molecule has 0 radical (unpaired) electrons. The highest BCUT2D eigenvalue weighted by Gasteiger charge is 2.36. The normalized spacial score (nSPS) is 13.2. The van der Waals surface area contributed by atoms with E-state index in [0.717, 1.165) is 14.9 Å². The molecule has 1 aliphatic heterocycles. The van der Waals surface area contributed by atoms with E-state index in [9.17, 15) is 14.4 Å². The molecule has 0 spiro atoms. The first kappa shape index (κ1) is 15.4. The average molecular weight is 373 g/mol. The molecule has 23 heavy (non-hydrogen) atoms. The van der Waals surface area contributed by atoms with E-state index < -0.39 is 17.7 Å². The summed E-state index contributed by atoms with van der Waals surface area (Å²) < 4.78 is 0.825. The van der Waals surface area contributed by atoms with Gasteiger partial charge in [0.15, 0.2) is 0 Å². The Kier molecular flexibility index (Phi) is 4.00. The van der Waals surface area contributed by atoms with Crippen molar-refractivity contribution in [2.45, 2.75) is 6.92 Å². The monoisotopic (exact) mass is 372 g/mol. The first-order chi connectivity index (χ1) is 11.0. The van der Waals surface area contributed by atoms with Crippen LogP contribution < -0.4 is 5.32 Å². The van der Waals surface area contributed by atoms with Crippen molar-refractivity contribution in [3.05, 3.63) is 63.6 Å². The Morgan fingerprint density at radius 1 is 1.09 bits per heavy atom. The van der Waals surface area contributed by atoms with Crippen molar-refractivity contribution in [2.24, 2.45) is 0 Å². The fourth-order valence-electron chi connectivity index (χ4n) is 2.46. The summed E-state index contributed by atoms with van der Waals surface area (Å²) in [4.78, 5) is 37.7. The number of imide groups is 1. The Hall–Kier alpha value is -2.47. The zero-order chi connectivity index (χ0) is 16.6. The number of hydrogen-bond donors (Lipinski definition) is 1. The number of carbonyl (C=O) groups excluding carboxylic acids is 3. The van der Waals surface area contributed by atoms with E-state index in [-0.39, 0.29) is 6.54 Å². The Balaban J connectivity index is 1.75. The number of halogens is 1. The number of fused-ring (bicyclic) bond motifs is 1. The van der Waals surface area contributed by atoms with E-state index >= 15 is 0 Å². The number of anilines is 1. The average Bonchev–Trinajstić information content (AvgIpc) is 2.72. The van der Waals surface area contributed by atoms with Crippen LogP contribution in [0.3, 0.4) is 0 Å². The van der Waals surface area contributed by atoms with Gasteiger partial charge in [-0.3, -0.25) is 19.3 Å². The molecule has 0 atom stereocenters. The molecule has 0 saturated heterocycles. The summed E-state index contributed by atoms with van der Waals surface area (Å²) in [5.74, 6) is -1.29. The number of nitrogens with one attached hydrogen (secondary N) is 1. The second-order valence-corrected chi connectivity index (χ2v) is 6.22. The first-order valence-electron chi connectivity index (χ1n) is 6.98. The highest BCUT2D eigenvalue weighted by atomic mass is 79.9. The highest BCUT2D eigenvalue weighted by Crippen LogP contribution is 2.24. The molecule has 0 fully saturated rings. The van der Waals surface area contributed by atoms with Gasteiger partial charge in [0, 0.05) is 10.2 Å². The largest absolute Gasteiger partial charge is 0.324 e. The number of aryl methyl sites for hydroxylation is 1. The van der Waals surface area contributed by atoms with Crippen molar-refractivity contribution in [1.82, 2.24) is 4.90 Å². The van der Waals surface area contributed by atoms with Gasteiger partial charge in [0.1, 0.15) is 6.54 Å². The van der Waals surface area contributed by atoms with Gasteiger partial charge in [-0.25, -0.2) is 0 Å². The van der Waals surface area contributed by atoms with Crippen LogP contribution in [0.4, 0.5) is 5.69 Å². The zero-order valence-electron chi connectivity index (χ0n) is 12.3. The number of hydrogen-bond acceptors (Lipinski definition) is 3. The summed E-state index contributed by atoms with van der Waals surface area (Å²) >= 11 is 3.32. The standard InChI is InChI=1S/C17H13BrN2O3/c1-10-5-6-13-14(7-10)17(23)20(16(13)22)9-15(21)19-12-4-2-3-11(18)8-12/h2-8H,9H2,1H3,(H,19,21). The lowest BCUT2D eigenvalue weighted by Crippen LogP contribution is -2.37. The SMILES string of the molecule is Cc1ccc2c(c1)C(=O)N(CC(=O)Nc1cccc(Br)c1)C2=O. The van der Waals surface area contributed by atoms with Gasteiger partial charge in [-0.1, -0.05) is 33.6 Å². The summed E-state index contributed by atoms with van der Waals surface area (Å²) in [6.07, 6.45) is 0. The Bertz CT molecular complexity index is 832. The molecular formula is C17H13BrN2O3. The molecule has 2 aromatic carbocycles. The van der Waals surface area contributed by atoms with E-state index in [2.05, 4.69) is 21.2 Å². The second-order valence-electron chi connectivity index (χ2n) is 5.30. The van der Waals surface area contributed by atoms with Gasteiger partial charge in [0.05, 0.1) is 11.1 Å². The van der Waals surface area contributed by atoms with Gasteiger partial charge in [-0.15, -0.1) is 0 Å². The predicted molar refractivity (Wildman–Crippen MR) is 89.3 cm³/mol. The van der Waals surface area contributed by atoms with Gasteiger partial charge in [0.25, 0.3) is 11.8 Å². The van der Waals surface area contributed by atoms with Crippen LogP contribution in [0.25, 0.3) is 0 Å². The Morgan fingerprint density at radius 2 is 1.83 bits per heavy atom. The van der Waals surface area contributed by atoms with Crippen LogP contribution in [0.15, 0.2) is 46.9 Å². The maximum atomic E-state index is 12.3. The third-order valence-electron chi connectivity index (χ3n) is 3.54. The quantitative estimate of drug-likeness (QED) is 0.842. The molecule has 116 valence electrons. The summed E-state index contributed by atoms with van der Waals surface area (Å²) in [6.45, 7) is 1.54. The third kappa shape index (κ3) is 3.03. The van der Waals surface area contributed by atoms with Gasteiger partial charge in [-0.2, -0.15) is 0 Å². The molecule has 0 saturated carbocycles. The van der Waals surface area contributed by atoms with Crippen LogP contribution in [-0.2, 0) is 4.79 Å². The van der Waals surface area contributed by atoms with E-state index in [1.807, 2.05) is 13.0 Å². The molecule has 0 bridgehead atoms. The summed E-state index contributed by atoms with van der Waals surface area (Å²) in [5, 5.41) is 2.67. The van der Waals surface area contributed by atoms with Crippen molar-refractivity contribution in [3.63, 3.8) is 0 Å². The lowest BCUT2D eigenvalue weighted by Gasteiger charge is -2.13. The Morgan fingerprint density at radius 3 is 2.57 bits per heavy atom. The van der Waals surface area contributed by atoms with Crippen LogP contribution in [-0.4, -0.2) is 29.2 Å². The predicted octanol–water partition coefficient (Wildman–Crippen LogP) is 2.99. The topological polar surface area (TPSA) is 66.5 Å². The number of benzene rings is 2. The minimum absolute atomic E-state index is 0.308. The zero-order valence-corrected chi connectivity index (χ0v) is 13.9. The minimum Gasteiger partial charge on any atom is -0.324 e. The van der Waals surface area contributed by atoms with E-state index in [4.69, 9.17) is 0 Å². The second kappa shape index (κ2) is 5.96. The Labute approximate surface area is 141 Å². The molecule has 5 nitrogen and oxygen atoms in total. The number of amides is 3. The van der Waals surface area contributed by atoms with Crippen LogP contribution in [0.2, 0.25) is 0 Å². The van der Waals surface area contributed by atoms with Crippen molar-refractivity contribution in [2.75, 3.05) is 11.9 Å². The molecule has 0 aromatic heterocycles. The molecule has 0 aliphatic carbocycles. The molecule has 3 amide bonds. The molecule has 6 heteroatoms.